The van der Waals surface area contributed by atoms with Crippen LogP contribution >= 0.6 is 0 Å². The maximum absolute atomic E-state index is 5.59. The van der Waals surface area contributed by atoms with E-state index in [4.69, 9.17) is 14.2 Å². The summed E-state index contributed by atoms with van der Waals surface area (Å²) in [6.45, 7) is 3.31. The molecule has 22 heavy (non-hydrogen) atoms. The molecule has 0 aromatic rings. The van der Waals surface area contributed by atoms with Crippen LogP contribution in [0.2, 0.25) is 0 Å². The second kappa shape index (κ2) is 14.4. The third-order valence-corrected chi connectivity index (χ3v) is 4.49. The first-order chi connectivity index (χ1) is 10.7. The van der Waals surface area contributed by atoms with E-state index in [0.717, 1.165) is 19.4 Å². The number of nitrogens with one attached hydrogen (secondary N) is 1. The zero-order chi connectivity index (χ0) is 16.7. The van der Waals surface area contributed by atoms with E-state index in [-0.39, 0.29) is 5.92 Å². The first-order valence-electron chi connectivity index (χ1n) is 9.00. The molecule has 0 aliphatic heterocycles. The van der Waals surface area contributed by atoms with Crippen LogP contribution in [0.4, 0.5) is 0 Å². The number of hydrogen-bond donors (Lipinski definition) is 1. The summed E-state index contributed by atoms with van der Waals surface area (Å²) in [6.07, 6.45) is 12.4. The third kappa shape index (κ3) is 8.47. The minimum absolute atomic E-state index is 0.288. The Kier molecular flexibility index (Phi) is 14.3. The molecule has 134 valence electrons. The van der Waals surface area contributed by atoms with E-state index in [2.05, 4.69) is 12.2 Å². The highest BCUT2D eigenvalue weighted by Crippen LogP contribution is 2.32. The van der Waals surface area contributed by atoms with Gasteiger partial charge in [-0.3, -0.25) is 0 Å². The summed E-state index contributed by atoms with van der Waals surface area (Å²) in [4.78, 5) is 0. The normalized spacial score (nSPS) is 13.5. The lowest BCUT2D eigenvalue weighted by Gasteiger charge is -2.36. The summed E-state index contributed by atoms with van der Waals surface area (Å²) >= 11 is 0. The van der Waals surface area contributed by atoms with Crippen LogP contribution in [0.5, 0.6) is 0 Å². The standard InChI is InChI=1S/C18H39NO3/c1-6-7-8-9-10-11-14-17(15-12-13-16-19-2)18(20-3,21-4)22-5/h17,19H,6-16H2,1-5H3. The van der Waals surface area contributed by atoms with Gasteiger partial charge >= 0.3 is 0 Å². The van der Waals surface area contributed by atoms with Gasteiger partial charge in [-0.15, -0.1) is 0 Å². The Morgan fingerprint density at radius 1 is 0.773 bits per heavy atom. The Morgan fingerprint density at radius 3 is 1.77 bits per heavy atom. The van der Waals surface area contributed by atoms with Gasteiger partial charge in [0.1, 0.15) is 0 Å². The summed E-state index contributed by atoms with van der Waals surface area (Å²) in [5.74, 6) is -0.598. The van der Waals surface area contributed by atoms with E-state index in [0.29, 0.717) is 0 Å². The molecule has 0 fully saturated rings. The van der Waals surface area contributed by atoms with Crippen LogP contribution in [0.3, 0.4) is 0 Å². The maximum Gasteiger partial charge on any atom is 0.285 e. The van der Waals surface area contributed by atoms with E-state index in [1.54, 1.807) is 21.3 Å². The van der Waals surface area contributed by atoms with Crippen molar-refractivity contribution in [3.05, 3.63) is 0 Å². The molecule has 0 aromatic heterocycles. The van der Waals surface area contributed by atoms with Gasteiger partial charge in [-0.1, -0.05) is 51.9 Å². The van der Waals surface area contributed by atoms with Crippen LogP contribution < -0.4 is 5.32 Å². The predicted octanol–water partition coefficient (Wildman–Crippen LogP) is 4.34. The van der Waals surface area contributed by atoms with E-state index >= 15 is 0 Å². The number of methoxy groups -OCH3 is 3. The van der Waals surface area contributed by atoms with Crippen molar-refractivity contribution in [1.82, 2.24) is 5.32 Å². The lowest BCUT2D eigenvalue weighted by molar-refractivity contribution is -0.380. The van der Waals surface area contributed by atoms with Gasteiger partial charge in [0, 0.05) is 27.2 Å². The SMILES string of the molecule is CCCCCCCCC(CCCCNC)C(OC)(OC)OC. The van der Waals surface area contributed by atoms with Crippen molar-refractivity contribution in [3.63, 3.8) is 0 Å². The van der Waals surface area contributed by atoms with Crippen LogP contribution in [0, 0.1) is 5.92 Å². The van der Waals surface area contributed by atoms with Crippen LogP contribution in [0.1, 0.15) is 71.1 Å². The monoisotopic (exact) mass is 317 g/mol. The zero-order valence-electron chi connectivity index (χ0n) is 15.6. The number of hydrogen-bond acceptors (Lipinski definition) is 4. The molecule has 0 aliphatic rings. The second-order valence-electron chi connectivity index (χ2n) is 6.07. The molecule has 0 rings (SSSR count). The fourth-order valence-corrected chi connectivity index (χ4v) is 3.11. The Bertz CT molecular complexity index is 224. The number of ether oxygens (including phenoxy) is 3. The molecule has 4 heteroatoms. The van der Waals surface area contributed by atoms with Crippen molar-refractivity contribution in [2.75, 3.05) is 34.9 Å². The summed E-state index contributed by atoms with van der Waals surface area (Å²) in [7, 11) is 7.02. The lowest BCUT2D eigenvalue weighted by atomic mass is 9.92. The first-order valence-corrected chi connectivity index (χ1v) is 9.00. The highest BCUT2D eigenvalue weighted by Gasteiger charge is 2.39. The minimum Gasteiger partial charge on any atom is -0.331 e. The molecular formula is C18H39NO3. The van der Waals surface area contributed by atoms with Gasteiger partial charge in [-0.2, -0.15) is 0 Å². The van der Waals surface area contributed by atoms with Gasteiger partial charge in [-0.25, -0.2) is 0 Å². The quantitative estimate of drug-likeness (QED) is 0.340. The van der Waals surface area contributed by atoms with Crippen LogP contribution in [0.25, 0.3) is 0 Å². The molecule has 1 unspecified atom stereocenters. The summed E-state index contributed by atoms with van der Waals surface area (Å²) < 4.78 is 16.8. The molecular weight excluding hydrogens is 278 g/mol. The largest absolute Gasteiger partial charge is 0.331 e. The highest BCUT2D eigenvalue weighted by atomic mass is 16.9. The van der Waals surface area contributed by atoms with Crippen LogP contribution in [0.15, 0.2) is 0 Å². The van der Waals surface area contributed by atoms with E-state index < -0.39 is 5.97 Å². The average molecular weight is 318 g/mol. The van der Waals surface area contributed by atoms with Gasteiger partial charge in [0.25, 0.3) is 5.97 Å². The Hall–Kier alpha value is -0.160. The smallest absolute Gasteiger partial charge is 0.285 e. The van der Waals surface area contributed by atoms with Gasteiger partial charge in [0.2, 0.25) is 0 Å². The molecule has 4 nitrogen and oxygen atoms in total. The second-order valence-corrected chi connectivity index (χ2v) is 6.07. The van der Waals surface area contributed by atoms with Crippen LogP contribution in [-0.2, 0) is 14.2 Å². The van der Waals surface area contributed by atoms with Gasteiger partial charge < -0.3 is 19.5 Å². The molecule has 0 aliphatic carbocycles. The fourth-order valence-electron chi connectivity index (χ4n) is 3.11. The third-order valence-electron chi connectivity index (χ3n) is 4.49. The topological polar surface area (TPSA) is 39.7 Å². The Morgan fingerprint density at radius 2 is 1.27 bits per heavy atom. The Balaban J connectivity index is 4.32. The molecule has 0 heterocycles. The number of unbranched alkanes of at least 4 members (excludes halogenated alkanes) is 6. The van der Waals surface area contributed by atoms with E-state index in [9.17, 15) is 0 Å². The number of rotatable bonds is 16. The van der Waals surface area contributed by atoms with Crippen LogP contribution in [-0.4, -0.2) is 40.9 Å². The van der Waals surface area contributed by atoms with Crippen molar-refractivity contribution in [1.29, 1.82) is 0 Å². The van der Waals surface area contributed by atoms with Gasteiger partial charge in [-0.05, 0) is 32.9 Å². The summed E-state index contributed by atoms with van der Waals surface area (Å²) in [5.41, 5.74) is 0. The molecule has 0 aromatic carbocycles. The van der Waals surface area contributed by atoms with Crippen molar-refractivity contribution in [3.8, 4) is 0 Å². The van der Waals surface area contributed by atoms with Crippen molar-refractivity contribution >= 4 is 0 Å². The minimum atomic E-state index is -0.886. The van der Waals surface area contributed by atoms with E-state index in [1.807, 2.05) is 7.05 Å². The van der Waals surface area contributed by atoms with Crippen molar-refractivity contribution < 1.29 is 14.2 Å². The predicted molar refractivity (Wildman–Crippen MR) is 93.0 cm³/mol. The molecule has 0 bridgehead atoms. The molecule has 0 spiro atoms. The van der Waals surface area contributed by atoms with Gasteiger partial charge in [0.05, 0.1) is 0 Å². The highest BCUT2D eigenvalue weighted by molar-refractivity contribution is 4.72. The lowest BCUT2D eigenvalue weighted by Crippen LogP contribution is -2.44. The first kappa shape index (κ1) is 21.8. The molecule has 1 N–H and O–H groups in total. The van der Waals surface area contributed by atoms with Gasteiger partial charge in [0.15, 0.2) is 0 Å². The molecule has 0 saturated carbocycles. The molecule has 0 amide bonds. The molecule has 0 radical (unpaired) electrons. The fraction of sp³-hybridized carbons (Fsp3) is 1.00. The van der Waals surface area contributed by atoms with Crippen molar-refractivity contribution in [2.45, 2.75) is 77.1 Å². The molecule has 0 saturated heterocycles. The summed E-state index contributed by atoms with van der Waals surface area (Å²) in [6, 6.07) is 0. The Labute approximate surface area is 138 Å². The maximum atomic E-state index is 5.59. The van der Waals surface area contributed by atoms with E-state index in [1.165, 1.54) is 51.4 Å². The van der Waals surface area contributed by atoms with Crippen molar-refractivity contribution in [2.24, 2.45) is 5.92 Å². The summed E-state index contributed by atoms with van der Waals surface area (Å²) in [5, 5.41) is 3.20. The molecule has 1 atom stereocenters. The average Bonchev–Trinajstić information content (AvgIpc) is 2.55. The zero-order valence-corrected chi connectivity index (χ0v) is 15.6.